The standard InChI is InChI=1S/C21H27NO3/c1-4-8-17-11-12-20(21(13-17)24-3)25-15-19(23)14-22-16(2)18-9-6-5-7-10-18/h4-7,9-13,16,19,22-23H,1,8,14-15H2,2-3H3. The smallest absolute Gasteiger partial charge is 0.161 e. The highest BCUT2D eigenvalue weighted by Crippen LogP contribution is 2.28. The molecule has 2 atom stereocenters. The maximum absolute atomic E-state index is 10.2. The second-order valence-electron chi connectivity index (χ2n) is 5.98. The molecule has 2 aromatic carbocycles. The molecule has 0 amide bonds. The van der Waals surface area contributed by atoms with Gasteiger partial charge in [-0.2, -0.15) is 0 Å². The number of aliphatic hydroxyl groups is 1. The SMILES string of the molecule is C=CCc1ccc(OCC(O)CNC(C)c2ccccc2)c(OC)c1. The van der Waals surface area contributed by atoms with Gasteiger partial charge in [0.15, 0.2) is 11.5 Å². The van der Waals surface area contributed by atoms with Gasteiger partial charge in [0.2, 0.25) is 0 Å². The minimum atomic E-state index is -0.608. The van der Waals surface area contributed by atoms with E-state index in [0.717, 1.165) is 12.0 Å². The summed E-state index contributed by atoms with van der Waals surface area (Å²) in [6.45, 7) is 6.46. The van der Waals surface area contributed by atoms with E-state index >= 15 is 0 Å². The fourth-order valence-electron chi connectivity index (χ4n) is 2.54. The zero-order valence-corrected chi connectivity index (χ0v) is 14.9. The number of methoxy groups -OCH3 is 1. The van der Waals surface area contributed by atoms with Gasteiger partial charge in [0.25, 0.3) is 0 Å². The predicted octanol–water partition coefficient (Wildman–Crippen LogP) is 3.51. The first-order valence-corrected chi connectivity index (χ1v) is 8.51. The maximum Gasteiger partial charge on any atom is 0.161 e. The van der Waals surface area contributed by atoms with Crippen molar-refractivity contribution in [1.82, 2.24) is 5.32 Å². The number of hydrogen-bond donors (Lipinski definition) is 2. The minimum absolute atomic E-state index is 0.170. The molecule has 25 heavy (non-hydrogen) atoms. The Labute approximate surface area is 150 Å². The van der Waals surface area contributed by atoms with Gasteiger partial charge in [-0.25, -0.2) is 0 Å². The van der Waals surface area contributed by atoms with Crippen LogP contribution in [0.3, 0.4) is 0 Å². The second-order valence-corrected chi connectivity index (χ2v) is 5.98. The molecule has 0 saturated carbocycles. The summed E-state index contributed by atoms with van der Waals surface area (Å²) < 4.78 is 11.1. The third kappa shape index (κ3) is 5.93. The quantitative estimate of drug-likeness (QED) is 0.649. The van der Waals surface area contributed by atoms with Crippen LogP contribution in [0, 0.1) is 0 Å². The molecule has 2 aromatic rings. The van der Waals surface area contributed by atoms with Crippen LogP contribution in [-0.2, 0) is 6.42 Å². The van der Waals surface area contributed by atoms with Gasteiger partial charge in [-0.3, -0.25) is 0 Å². The summed E-state index contributed by atoms with van der Waals surface area (Å²) in [6.07, 6.45) is 2.02. The predicted molar refractivity (Wildman–Crippen MR) is 101 cm³/mol. The number of rotatable bonds is 10. The fourth-order valence-corrected chi connectivity index (χ4v) is 2.54. The summed E-state index contributed by atoms with van der Waals surface area (Å²) in [4.78, 5) is 0. The third-order valence-corrected chi connectivity index (χ3v) is 4.00. The molecule has 2 unspecified atom stereocenters. The number of aliphatic hydroxyl groups excluding tert-OH is 1. The number of benzene rings is 2. The van der Waals surface area contributed by atoms with Crippen LogP contribution in [0.15, 0.2) is 61.2 Å². The lowest BCUT2D eigenvalue weighted by Crippen LogP contribution is -2.33. The van der Waals surface area contributed by atoms with Crippen molar-refractivity contribution >= 4 is 0 Å². The summed E-state index contributed by atoms with van der Waals surface area (Å²) in [7, 11) is 1.61. The number of nitrogens with one attached hydrogen (secondary N) is 1. The molecule has 0 aliphatic heterocycles. The fraction of sp³-hybridized carbons (Fsp3) is 0.333. The molecule has 4 nitrogen and oxygen atoms in total. The lowest BCUT2D eigenvalue weighted by atomic mass is 10.1. The Morgan fingerprint density at radius 3 is 2.60 bits per heavy atom. The van der Waals surface area contributed by atoms with E-state index in [1.165, 1.54) is 5.56 Å². The van der Waals surface area contributed by atoms with Crippen molar-refractivity contribution in [3.8, 4) is 11.5 Å². The van der Waals surface area contributed by atoms with Crippen molar-refractivity contribution in [3.63, 3.8) is 0 Å². The molecule has 0 aromatic heterocycles. The molecular weight excluding hydrogens is 314 g/mol. The van der Waals surface area contributed by atoms with Crippen LogP contribution in [0.2, 0.25) is 0 Å². The Morgan fingerprint density at radius 2 is 1.92 bits per heavy atom. The molecule has 4 heteroatoms. The zero-order chi connectivity index (χ0) is 18.1. The van der Waals surface area contributed by atoms with E-state index in [9.17, 15) is 5.11 Å². The van der Waals surface area contributed by atoms with Gasteiger partial charge in [-0.15, -0.1) is 6.58 Å². The van der Waals surface area contributed by atoms with Gasteiger partial charge in [-0.1, -0.05) is 42.5 Å². The Kier molecular flexibility index (Phi) is 7.51. The molecule has 0 aliphatic rings. The molecule has 0 spiro atoms. The Morgan fingerprint density at radius 1 is 1.16 bits per heavy atom. The van der Waals surface area contributed by atoms with Crippen LogP contribution in [0.25, 0.3) is 0 Å². The monoisotopic (exact) mass is 341 g/mol. The van der Waals surface area contributed by atoms with Gasteiger partial charge in [0, 0.05) is 12.6 Å². The average molecular weight is 341 g/mol. The van der Waals surface area contributed by atoms with E-state index < -0.39 is 6.10 Å². The number of allylic oxidation sites excluding steroid dienone is 1. The van der Waals surface area contributed by atoms with Crippen LogP contribution in [0.4, 0.5) is 0 Å². The van der Waals surface area contributed by atoms with Gasteiger partial charge in [-0.05, 0) is 36.6 Å². The molecule has 134 valence electrons. The van der Waals surface area contributed by atoms with Crippen molar-refractivity contribution in [3.05, 3.63) is 72.3 Å². The first kappa shape index (κ1) is 19.0. The topological polar surface area (TPSA) is 50.7 Å². The Balaban J connectivity index is 1.83. The van der Waals surface area contributed by atoms with Gasteiger partial charge >= 0.3 is 0 Å². The van der Waals surface area contributed by atoms with E-state index in [2.05, 4.69) is 31.0 Å². The highest BCUT2D eigenvalue weighted by molar-refractivity contribution is 5.43. The van der Waals surface area contributed by atoms with Crippen LogP contribution >= 0.6 is 0 Å². The molecule has 0 bridgehead atoms. The van der Waals surface area contributed by atoms with Gasteiger partial charge in [0.05, 0.1) is 7.11 Å². The summed E-state index contributed by atoms with van der Waals surface area (Å²) in [5, 5.41) is 13.5. The van der Waals surface area contributed by atoms with Crippen molar-refractivity contribution in [2.24, 2.45) is 0 Å². The summed E-state index contributed by atoms with van der Waals surface area (Å²) >= 11 is 0. The van der Waals surface area contributed by atoms with Crippen molar-refractivity contribution in [2.45, 2.75) is 25.5 Å². The molecule has 2 rings (SSSR count). The molecule has 2 N–H and O–H groups in total. The molecule has 0 fully saturated rings. The van der Waals surface area contributed by atoms with E-state index in [4.69, 9.17) is 9.47 Å². The van der Waals surface area contributed by atoms with Crippen LogP contribution in [-0.4, -0.2) is 31.5 Å². The summed E-state index contributed by atoms with van der Waals surface area (Å²) in [5.74, 6) is 1.29. The van der Waals surface area contributed by atoms with Crippen molar-refractivity contribution < 1.29 is 14.6 Å². The summed E-state index contributed by atoms with van der Waals surface area (Å²) in [5.41, 5.74) is 2.30. The van der Waals surface area contributed by atoms with Crippen LogP contribution in [0.1, 0.15) is 24.1 Å². The number of ether oxygens (including phenoxy) is 2. The van der Waals surface area contributed by atoms with Gasteiger partial charge < -0.3 is 19.9 Å². The third-order valence-electron chi connectivity index (χ3n) is 4.00. The summed E-state index contributed by atoms with van der Waals surface area (Å²) in [6, 6.07) is 16.1. The van der Waals surface area contributed by atoms with E-state index in [1.54, 1.807) is 7.11 Å². The molecule has 0 saturated heterocycles. The van der Waals surface area contributed by atoms with E-state index in [1.807, 2.05) is 42.5 Å². The normalized spacial score (nSPS) is 13.1. The molecular formula is C21H27NO3. The molecule has 0 aliphatic carbocycles. The molecule has 0 heterocycles. The zero-order valence-electron chi connectivity index (χ0n) is 14.9. The van der Waals surface area contributed by atoms with Crippen LogP contribution in [0.5, 0.6) is 11.5 Å². The Bertz CT molecular complexity index is 657. The van der Waals surface area contributed by atoms with E-state index in [-0.39, 0.29) is 12.6 Å². The average Bonchev–Trinajstić information content (AvgIpc) is 2.65. The van der Waals surface area contributed by atoms with Crippen molar-refractivity contribution in [1.29, 1.82) is 0 Å². The minimum Gasteiger partial charge on any atom is -0.493 e. The van der Waals surface area contributed by atoms with E-state index in [0.29, 0.717) is 18.0 Å². The first-order chi connectivity index (χ1) is 12.1. The lowest BCUT2D eigenvalue weighted by Gasteiger charge is -2.18. The largest absolute Gasteiger partial charge is 0.493 e. The van der Waals surface area contributed by atoms with Gasteiger partial charge in [0.1, 0.15) is 12.7 Å². The first-order valence-electron chi connectivity index (χ1n) is 8.51. The Hall–Kier alpha value is -2.30. The highest BCUT2D eigenvalue weighted by Gasteiger charge is 2.11. The lowest BCUT2D eigenvalue weighted by molar-refractivity contribution is 0.102. The second kappa shape index (κ2) is 9.87. The maximum atomic E-state index is 10.2. The van der Waals surface area contributed by atoms with Crippen molar-refractivity contribution in [2.75, 3.05) is 20.3 Å². The molecule has 0 radical (unpaired) electrons. The highest BCUT2D eigenvalue weighted by atomic mass is 16.5. The van der Waals surface area contributed by atoms with Crippen LogP contribution < -0.4 is 14.8 Å². The number of hydrogen-bond acceptors (Lipinski definition) is 4.